The number of nitrogens with one attached hydrogen (secondary N) is 2. The molecule has 16 heteroatoms. The zero-order chi connectivity index (χ0) is 39.9. The number of rotatable bonds is 17. The first-order valence-electron chi connectivity index (χ1n) is 18.3. The Morgan fingerprint density at radius 1 is 0.911 bits per heavy atom. The number of Topliss-reactive ketones (excluding diaryl/α,β-unsaturated/α-hetero) is 2. The van der Waals surface area contributed by atoms with Crippen molar-refractivity contribution >= 4 is 41.4 Å². The predicted octanol–water partition coefficient (Wildman–Crippen LogP) is 1.94. The number of hydrogen-bond donors (Lipinski definition) is 2. The van der Waals surface area contributed by atoms with Crippen LogP contribution >= 0.6 is 0 Å². The number of ketones is 2. The number of pyridine rings is 1. The van der Waals surface area contributed by atoms with Crippen LogP contribution in [0.15, 0.2) is 46.3 Å². The number of aryl methyl sites for hydroxylation is 1. The minimum atomic E-state index is -1.01. The molecule has 3 heterocycles. The van der Waals surface area contributed by atoms with Gasteiger partial charge in [0.25, 0.3) is 23.3 Å². The summed E-state index contributed by atoms with van der Waals surface area (Å²) in [4.78, 5) is 93.0. The van der Waals surface area contributed by atoms with Gasteiger partial charge in [0.1, 0.15) is 23.0 Å². The molecule has 0 bridgehead atoms. The fraction of sp³-hybridized carbons (Fsp3) is 0.400. The quantitative estimate of drug-likeness (QED) is 0.116. The average Bonchev–Trinajstić information content (AvgIpc) is 3.78. The fourth-order valence-corrected chi connectivity index (χ4v) is 7.10. The number of ether oxygens (including phenoxy) is 4. The molecule has 1 aliphatic carbocycles. The number of nitrogens with zero attached hydrogens (tertiary/aromatic N) is 3. The topological polar surface area (TPSA) is 201 Å². The van der Waals surface area contributed by atoms with Gasteiger partial charge in [-0.15, -0.1) is 0 Å². The van der Waals surface area contributed by atoms with Gasteiger partial charge in [-0.25, -0.2) is 0 Å². The maximum Gasteiger partial charge on any atom is 0.266 e. The van der Waals surface area contributed by atoms with E-state index in [1.807, 2.05) is 12.1 Å². The highest BCUT2D eigenvalue weighted by Crippen LogP contribution is 2.38. The largest absolute Gasteiger partial charge is 0.496 e. The Hall–Kier alpha value is -6.16. The summed E-state index contributed by atoms with van der Waals surface area (Å²) >= 11 is 0. The average molecular weight is 770 g/mol. The van der Waals surface area contributed by atoms with Crippen LogP contribution in [0.2, 0.25) is 0 Å². The number of carbonyl (C=O) groups excluding carboxylic acids is 6. The van der Waals surface area contributed by atoms with E-state index in [-0.39, 0.29) is 86.1 Å². The normalized spacial score (nSPS) is 15.8. The van der Waals surface area contributed by atoms with Crippen LogP contribution in [0.5, 0.6) is 17.2 Å². The lowest BCUT2D eigenvalue weighted by Gasteiger charge is -2.27. The molecule has 1 saturated carbocycles. The number of carbonyl (C=O) groups is 6. The number of imide groups is 1. The third-order valence-electron chi connectivity index (χ3n) is 9.89. The van der Waals surface area contributed by atoms with Gasteiger partial charge in [0, 0.05) is 67.6 Å². The molecule has 56 heavy (non-hydrogen) atoms. The van der Waals surface area contributed by atoms with Gasteiger partial charge in [0.15, 0.2) is 12.4 Å². The van der Waals surface area contributed by atoms with E-state index in [4.69, 9.17) is 18.9 Å². The molecule has 0 spiro atoms. The summed E-state index contributed by atoms with van der Waals surface area (Å²) < 4.78 is 24.1. The van der Waals surface area contributed by atoms with Gasteiger partial charge in [0.2, 0.25) is 5.91 Å². The summed E-state index contributed by atoms with van der Waals surface area (Å²) in [6, 6.07) is 7.24. The maximum absolute atomic E-state index is 13.2. The zero-order valence-corrected chi connectivity index (χ0v) is 31.4. The Morgan fingerprint density at radius 3 is 2.32 bits per heavy atom. The lowest BCUT2D eigenvalue weighted by atomic mass is 9.92. The molecular weight excluding hydrogens is 726 g/mol. The van der Waals surface area contributed by atoms with Crippen molar-refractivity contribution in [1.82, 2.24) is 20.1 Å². The van der Waals surface area contributed by atoms with Crippen molar-refractivity contribution in [3.8, 4) is 28.4 Å². The molecule has 2 N–H and O–H groups in total. The lowest BCUT2D eigenvalue weighted by Crippen LogP contribution is -2.47. The van der Waals surface area contributed by atoms with E-state index in [1.165, 1.54) is 18.2 Å². The Kier molecular flexibility index (Phi) is 12.4. The number of methoxy groups -OCH3 is 2. The molecule has 1 unspecified atom stereocenters. The second-order valence-corrected chi connectivity index (χ2v) is 13.5. The van der Waals surface area contributed by atoms with Crippen molar-refractivity contribution < 1.29 is 47.7 Å². The molecule has 2 aromatic carbocycles. The summed E-state index contributed by atoms with van der Waals surface area (Å²) in [6.45, 7) is 0.750. The van der Waals surface area contributed by atoms with Crippen LogP contribution in [0, 0.1) is 0 Å². The molecule has 3 aromatic rings. The Balaban J connectivity index is 0.890. The van der Waals surface area contributed by atoms with E-state index in [0.29, 0.717) is 36.4 Å². The molecule has 4 amide bonds. The minimum Gasteiger partial charge on any atom is -0.496 e. The molecule has 0 radical (unpaired) electrons. The number of hydrogen-bond acceptors (Lipinski definition) is 12. The molecule has 0 saturated heterocycles. The molecule has 3 aliphatic rings. The zero-order valence-electron chi connectivity index (χ0n) is 31.4. The maximum atomic E-state index is 13.2. The molecular formula is C40H43N5O11. The van der Waals surface area contributed by atoms with Gasteiger partial charge >= 0.3 is 0 Å². The number of aliphatic imine (C=N–C) groups is 1. The van der Waals surface area contributed by atoms with Gasteiger partial charge in [-0.1, -0.05) is 6.07 Å². The second-order valence-electron chi connectivity index (χ2n) is 13.5. The second kappa shape index (κ2) is 17.5. The summed E-state index contributed by atoms with van der Waals surface area (Å²) in [5, 5.41) is 5.47. The number of amides is 4. The summed E-state index contributed by atoms with van der Waals surface area (Å²) in [6.07, 6.45) is 4.70. The molecule has 6 rings (SSSR count). The van der Waals surface area contributed by atoms with Crippen LogP contribution in [-0.4, -0.2) is 104 Å². The van der Waals surface area contributed by atoms with E-state index < -0.39 is 36.2 Å². The monoisotopic (exact) mass is 769 g/mol. The summed E-state index contributed by atoms with van der Waals surface area (Å²) in [5.74, 6) is -1.40. The van der Waals surface area contributed by atoms with Crippen LogP contribution in [-0.2, 0) is 43.9 Å². The number of aromatic nitrogens is 1. The first kappa shape index (κ1) is 39.5. The summed E-state index contributed by atoms with van der Waals surface area (Å²) in [7, 11) is 4.86. The van der Waals surface area contributed by atoms with Crippen LogP contribution in [0.1, 0.15) is 69.5 Å². The highest BCUT2D eigenvalue weighted by Gasteiger charge is 2.45. The van der Waals surface area contributed by atoms with Gasteiger partial charge < -0.3 is 34.1 Å². The molecule has 1 fully saturated rings. The first-order valence-corrected chi connectivity index (χ1v) is 18.3. The smallest absolute Gasteiger partial charge is 0.266 e. The highest BCUT2D eigenvalue weighted by atomic mass is 16.5. The van der Waals surface area contributed by atoms with Gasteiger partial charge in [0.05, 0.1) is 57.6 Å². The van der Waals surface area contributed by atoms with Crippen LogP contribution in [0.4, 0.5) is 0 Å². The molecule has 1 aromatic heterocycles. The molecule has 1 atom stereocenters. The SMILES string of the molecule is COc1cc(-c2cn(C)c(=O)c3c2C=NC3)cc(OC)c1CCCC(=O)NCCOCCNC(=O)COc1cccc2c1C(=O)N(C1CCC(=O)CC1=O)C2=O. The third kappa shape index (κ3) is 8.39. The van der Waals surface area contributed by atoms with E-state index in [0.717, 1.165) is 27.2 Å². The molecule has 16 nitrogen and oxygen atoms in total. The Labute approximate surface area is 322 Å². The summed E-state index contributed by atoms with van der Waals surface area (Å²) in [5.41, 5.74) is 3.91. The van der Waals surface area contributed by atoms with Crippen molar-refractivity contribution in [2.45, 2.75) is 51.1 Å². The Morgan fingerprint density at radius 2 is 1.62 bits per heavy atom. The highest BCUT2D eigenvalue weighted by molar-refractivity contribution is 6.24. The molecule has 294 valence electrons. The Bertz CT molecular complexity index is 2150. The van der Waals surface area contributed by atoms with Crippen molar-refractivity contribution in [2.75, 3.05) is 47.1 Å². The van der Waals surface area contributed by atoms with E-state index in [2.05, 4.69) is 15.6 Å². The van der Waals surface area contributed by atoms with Crippen LogP contribution in [0.25, 0.3) is 11.1 Å². The fourth-order valence-electron chi connectivity index (χ4n) is 7.10. The van der Waals surface area contributed by atoms with Gasteiger partial charge in [-0.05, 0) is 49.1 Å². The standard InChI is InChI=1S/C40H43N5O11/c1-44-21-29(27-19-41-20-28(27)38(44)50)23-16-33(53-2)25(34(17-23)54-3)6-5-9-35(48)42-12-14-55-15-13-43-36(49)22-56-32-8-4-7-26-37(32)40(52)45(39(26)51)30-11-10-24(46)18-31(30)47/h4,7-8,16-17,19,21,30H,5-6,9-15,18,20,22H2,1-3H3,(H,42,48)(H,43,49). The van der Waals surface area contributed by atoms with Gasteiger partial charge in [-0.3, -0.25) is 43.5 Å². The third-order valence-corrected chi connectivity index (χ3v) is 9.89. The van der Waals surface area contributed by atoms with Crippen LogP contribution in [0.3, 0.4) is 0 Å². The van der Waals surface area contributed by atoms with E-state index in [1.54, 1.807) is 38.2 Å². The predicted molar refractivity (Wildman–Crippen MR) is 201 cm³/mol. The minimum absolute atomic E-state index is 0.0216. The lowest BCUT2D eigenvalue weighted by molar-refractivity contribution is -0.132. The van der Waals surface area contributed by atoms with Crippen molar-refractivity contribution in [2.24, 2.45) is 12.0 Å². The number of fused-ring (bicyclic) bond motifs is 2. The van der Waals surface area contributed by atoms with E-state index >= 15 is 0 Å². The van der Waals surface area contributed by atoms with Crippen molar-refractivity contribution in [1.29, 1.82) is 0 Å². The van der Waals surface area contributed by atoms with Crippen molar-refractivity contribution in [3.63, 3.8) is 0 Å². The van der Waals surface area contributed by atoms with E-state index in [9.17, 15) is 33.6 Å². The first-order chi connectivity index (χ1) is 27.0. The molecule has 2 aliphatic heterocycles. The number of benzene rings is 2. The van der Waals surface area contributed by atoms with Gasteiger partial charge in [-0.2, -0.15) is 0 Å². The van der Waals surface area contributed by atoms with Crippen molar-refractivity contribution in [3.05, 3.63) is 74.7 Å². The van der Waals surface area contributed by atoms with Crippen LogP contribution < -0.4 is 30.4 Å².